The summed E-state index contributed by atoms with van der Waals surface area (Å²) in [6.45, 7) is 6.12. The van der Waals surface area contributed by atoms with Crippen LogP contribution in [0.5, 0.6) is 0 Å². The zero-order valence-corrected chi connectivity index (χ0v) is 15.8. The van der Waals surface area contributed by atoms with Gasteiger partial charge in [0.2, 0.25) is 5.91 Å². The zero-order valence-electron chi connectivity index (χ0n) is 12.7. The molecule has 0 spiro atoms. The van der Waals surface area contributed by atoms with Gasteiger partial charge in [-0.25, -0.2) is 9.98 Å². The number of thiazole rings is 1. The van der Waals surface area contributed by atoms with Crippen LogP contribution in [-0.2, 0) is 4.79 Å². The first-order chi connectivity index (χ1) is 10.2. The third-order valence-electron chi connectivity index (χ3n) is 3.25. The lowest BCUT2D eigenvalue weighted by Crippen LogP contribution is -2.51. The van der Waals surface area contributed by atoms with Gasteiger partial charge in [-0.3, -0.25) is 4.79 Å². The van der Waals surface area contributed by atoms with Gasteiger partial charge in [-0.05, 0) is 6.42 Å². The van der Waals surface area contributed by atoms with E-state index in [2.05, 4.69) is 20.2 Å². The Labute approximate surface area is 152 Å². The summed E-state index contributed by atoms with van der Waals surface area (Å²) in [7, 11) is 0. The fourth-order valence-corrected chi connectivity index (χ4v) is 2.77. The minimum atomic E-state index is -0.0822. The van der Waals surface area contributed by atoms with E-state index >= 15 is 0 Å². The highest BCUT2D eigenvalue weighted by atomic mass is 127. The smallest absolute Gasteiger partial charge is 0.241 e. The van der Waals surface area contributed by atoms with Crippen LogP contribution < -0.4 is 16.0 Å². The Balaban J connectivity index is 0.00000242. The second-order valence-electron chi connectivity index (χ2n) is 4.81. The molecule has 1 aromatic rings. The summed E-state index contributed by atoms with van der Waals surface area (Å²) in [5, 5.41) is 5.81. The minimum Gasteiger partial charge on any atom is -0.370 e. The van der Waals surface area contributed by atoms with Crippen LogP contribution in [0.4, 0.5) is 5.13 Å². The van der Waals surface area contributed by atoms with Gasteiger partial charge in [-0.1, -0.05) is 6.92 Å². The first kappa shape index (κ1) is 18.9. The van der Waals surface area contributed by atoms with Crippen molar-refractivity contribution < 1.29 is 4.79 Å². The van der Waals surface area contributed by atoms with Crippen LogP contribution in [0.25, 0.3) is 0 Å². The molecule has 0 unspecified atom stereocenters. The van der Waals surface area contributed by atoms with Gasteiger partial charge in [0.05, 0.1) is 0 Å². The van der Waals surface area contributed by atoms with Crippen LogP contribution in [0.15, 0.2) is 16.6 Å². The van der Waals surface area contributed by atoms with Gasteiger partial charge in [0.25, 0.3) is 0 Å². The molecule has 3 N–H and O–H groups in total. The van der Waals surface area contributed by atoms with Crippen LogP contribution in [0.2, 0.25) is 0 Å². The van der Waals surface area contributed by atoms with Gasteiger partial charge in [-0.2, -0.15) is 0 Å². The number of guanidine groups is 1. The lowest BCUT2D eigenvalue weighted by Gasteiger charge is -2.35. The molecule has 0 atom stereocenters. The third-order valence-corrected chi connectivity index (χ3v) is 4.08. The van der Waals surface area contributed by atoms with Gasteiger partial charge in [-0.15, -0.1) is 35.3 Å². The van der Waals surface area contributed by atoms with E-state index in [1.54, 1.807) is 11.3 Å². The highest BCUT2D eigenvalue weighted by Gasteiger charge is 2.19. The molecule has 2 heterocycles. The Morgan fingerprint density at radius 1 is 1.45 bits per heavy atom. The Bertz CT molecular complexity index is 473. The number of nitrogens with two attached hydrogens (primary N) is 1. The fraction of sp³-hybridized carbons (Fsp3) is 0.615. The number of aromatic nitrogens is 1. The van der Waals surface area contributed by atoms with E-state index in [0.717, 1.165) is 37.7 Å². The number of amides is 1. The summed E-state index contributed by atoms with van der Waals surface area (Å²) in [6, 6.07) is 0. The van der Waals surface area contributed by atoms with Gasteiger partial charge in [0, 0.05) is 44.3 Å². The maximum atomic E-state index is 11.5. The van der Waals surface area contributed by atoms with E-state index < -0.39 is 0 Å². The summed E-state index contributed by atoms with van der Waals surface area (Å²) in [4.78, 5) is 24.2. The Hall–Kier alpha value is -1.10. The number of hydrogen-bond acceptors (Lipinski definition) is 5. The number of anilines is 1. The molecule has 0 aliphatic carbocycles. The van der Waals surface area contributed by atoms with Crippen molar-refractivity contribution in [1.82, 2.24) is 15.2 Å². The van der Waals surface area contributed by atoms with Crippen molar-refractivity contribution in [3.8, 4) is 0 Å². The number of nitrogens with one attached hydrogen (secondary N) is 1. The van der Waals surface area contributed by atoms with E-state index in [9.17, 15) is 4.79 Å². The van der Waals surface area contributed by atoms with Crippen molar-refractivity contribution in [2.75, 3.05) is 44.2 Å². The summed E-state index contributed by atoms with van der Waals surface area (Å²) in [5.74, 6) is 0.363. The Kier molecular flexibility index (Phi) is 8.46. The molecule has 22 heavy (non-hydrogen) atoms. The number of piperazine rings is 1. The van der Waals surface area contributed by atoms with E-state index in [1.807, 2.05) is 23.4 Å². The highest BCUT2D eigenvalue weighted by molar-refractivity contribution is 14.0. The topological polar surface area (TPSA) is 86.8 Å². The number of aliphatic imine (C=N–C) groups is 1. The standard InChI is InChI=1S/C13H22N6OS.HI/c1-2-3-15-11(20)10-17-12(14)18-5-7-19(8-6-18)13-16-4-9-21-13;/h4,9H,2-3,5-8,10H2,1H3,(H2,14,17)(H,15,20);1H. The number of rotatable bonds is 5. The summed E-state index contributed by atoms with van der Waals surface area (Å²) in [6.07, 6.45) is 2.74. The zero-order chi connectivity index (χ0) is 15.1. The fourth-order valence-electron chi connectivity index (χ4n) is 2.07. The van der Waals surface area contributed by atoms with Crippen molar-refractivity contribution in [2.24, 2.45) is 10.7 Å². The molecule has 0 radical (unpaired) electrons. The highest BCUT2D eigenvalue weighted by Crippen LogP contribution is 2.18. The molecule has 1 fully saturated rings. The van der Waals surface area contributed by atoms with E-state index in [1.165, 1.54) is 0 Å². The summed E-state index contributed by atoms with van der Waals surface area (Å²) >= 11 is 1.64. The molecular formula is C13H23IN6OS. The Morgan fingerprint density at radius 2 is 2.18 bits per heavy atom. The van der Waals surface area contributed by atoms with Crippen LogP contribution in [0.3, 0.4) is 0 Å². The number of carbonyl (C=O) groups excluding carboxylic acids is 1. The van der Waals surface area contributed by atoms with Crippen LogP contribution in [0, 0.1) is 0 Å². The SMILES string of the molecule is CCCNC(=O)CN=C(N)N1CCN(c2nccs2)CC1.I. The second kappa shape index (κ2) is 9.82. The first-order valence-corrected chi connectivity index (χ1v) is 8.04. The first-order valence-electron chi connectivity index (χ1n) is 7.16. The normalized spacial score (nSPS) is 15.4. The lowest BCUT2D eigenvalue weighted by molar-refractivity contribution is -0.119. The van der Waals surface area contributed by atoms with Gasteiger partial charge in [0.1, 0.15) is 6.54 Å². The third kappa shape index (κ3) is 5.59. The van der Waals surface area contributed by atoms with Crippen LogP contribution in [-0.4, -0.2) is 61.0 Å². The van der Waals surface area contributed by atoms with E-state index in [0.29, 0.717) is 12.5 Å². The molecular weight excluding hydrogens is 415 g/mol. The molecule has 0 saturated carbocycles. The second-order valence-corrected chi connectivity index (χ2v) is 5.69. The monoisotopic (exact) mass is 438 g/mol. The molecule has 9 heteroatoms. The lowest BCUT2D eigenvalue weighted by atomic mass is 10.3. The molecule has 7 nitrogen and oxygen atoms in total. The molecule has 1 aliphatic heterocycles. The summed E-state index contributed by atoms with van der Waals surface area (Å²) < 4.78 is 0. The van der Waals surface area contributed by atoms with Crippen molar-refractivity contribution in [3.63, 3.8) is 0 Å². The molecule has 2 rings (SSSR count). The number of halogens is 1. The maximum absolute atomic E-state index is 11.5. The van der Waals surface area contributed by atoms with E-state index in [-0.39, 0.29) is 36.4 Å². The van der Waals surface area contributed by atoms with Crippen LogP contribution >= 0.6 is 35.3 Å². The molecule has 1 amide bonds. The Morgan fingerprint density at radius 3 is 2.77 bits per heavy atom. The molecule has 1 saturated heterocycles. The van der Waals surface area contributed by atoms with E-state index in [4.69, 9.17) is 5.73 Å². The molecule has 0 bridgehead atoms. The largest absolute Gasteiger partial charge is 0.370 e. The molecule has 1 aliphatic rings. The van der Waals surface area contributed by atoms with Crippen molar-refractivity contribution in [2.45, 2.75) is 13.3 Å². The maximum Gasteiger partial charge on any atom is 0.241 e. The van der Waals surface area contributed by atoms with Crippen molar-refractivity contribution >= 4 is 52.3 Å². The van der Waals surface area contributed by atoms with Gasteiger partial charge in [0.15, 0.2) is 11.1 Å². The number of hydrogen-bond donors (Lipinski definition) is 2. The molecule has 1 aromatic heterocycles. The average molecular weight is 438 g/mol. The van der Waals surface area contributed by atoms with Gasteiger partial charge >= 0.3 is 0 Å². The average Bonchev–Trinajstić information content (AvgIpc) is 3.05. The van der Waals surface area contributed by atoms with Crippen molar-refractivity contribution in [3.05, 3.63) is 11.6 Å². The van der Waals surface area contributed by atoms with Gasteiger partial charge < -0.3 is 20.9 Å². The number of nitrogens with zero attached hydrogens (tertiary/aromatic N) is 4. The van der Waals surface area contributed by atoms with Crippen LogP contribution in [0.1, 0.15) is 13.3 Å². The minimum absolute atomic E-state index is 0. The predicted molar refractivity (Wildman–Crippen MR) is 101 cm³/mol. The molecule has 0 aromatic carbocycles. The predicted octanol–water partition coefficient (Wildman–Crippen LogP) is 0.724. The quantitative estimate of drug-likeness (QED) is 0.402. The van der Waals surface area contributed by atoms with Crippen molar-refractivity contribution in [1.29, 1.82) is 0 Å². The number of carbonyl (C=O) groups is 1. The molecule has 124 valence electrons. The summed E-state index contributed by atoms with van der Waals surface area (Å²) in [5.41, 5.74) is 5.95.